The Balaban J connectivity index is 1.80. The molecular weight excluding hydrogens is 281 g/mol. The highest BCUT2D eigenvalue weighted by Crippen LogP contribution is 2.39. The largest absolute Gasteiger partial charge is 0.391 e. The predicted molar refractivity (Wildman–Crippen MR) is 74.7 cm³/mol. The van der Waals surface area contributed by atoms with Crippen molar-refractivity contribution < 1.29 is 18.0 Å². The molecule has 0 aromatic carbocycles. The molecule has 1 saturated carbocycles. The zero-order valence-electron chi connectivity index (χ0n) is 12.5. The fraction of sp³-hybridized carbons (Fsp3) is 0.933. The van der Waals surface area contributed by atoms with E-state index in [2.05, 4.69) is 17.6 Å². The summed E-state index contributed by atoms with van der Waals surface area (Å²) in [7, 11) is 0. The summed E-state index contributed by atoms with van der Waals surface area (Å²) in [6.45, 7) is 4.61. The molecule has 0 aromatic rings. The van der Waals surface area contributed by atoms with Gasteiger partial charge in [0.2, 0.25) is 5.91 Å². The lowest BCUT2D eigenvalue weighted by atomic mass is 9.80. The van der Waals surface area contributed by atoms with Crippen LogP contribution in [-0.2, 0) is 4.79 Å². The minimum Gasteiger partial charge on any atom is -0.356 e. The zero-order chi connectivity index (χ0) is 15.5. The van der Waals surface area contributed by atoms with Gasteiger partial charge >= 0.3 is 6.18 Å². The molecule has 0 bridgehead atoms. The zero-order valence-corrected chi connectivity index (χ0v) is 12.5. The Bertz CT molecular complexity index is 359. The first-order valence-corrected chi connectivity index (χ1v) is 7.93. The summed E-state index contributed by atoms with van der Waals surface area (Å²) >= 11 is 0. The SMILES string of the molecule is CC1CCNCC1CNC(=O)C1CCCC(C(F)(F)F)C1. The lowest BCUT2D eigenvalue weighted by Gasteiger charge is -2.32. The van der Waals surface area contributed by atoms with Crippen molar-refractivity contribution in [1.29, 1.82) is 0 Å². The number of rotatable bonds is 3. The standard InChI is InChI=1S/C15H25F3N2O/c1-10-5-6-19-8-12(10)9-20-14(21)11-3-2-4-13(7-11)15(16,17)18/h10-13,19H,2-9H2,1H3,(H,20,21). The van der Waals surface area contributed by atoms with Gasteiger partial charge in [-0.05, 0) is 50.6 Å². The summed E-state index contributed by atoms with van der Waals surface area (Å²) in [6, 6.07) is 0. The normalized spacial score (nSPS) is 34.5. The van der Waals surface area contributed by atoms with Gasteiger partial charge in [0.25, 0.3) is 0 Å². The minimum absolute atomic E-state index is 0.0478. The number of piperidine rings is 1. The first-order chi connectivity index (χ1) is 9.88. The summed E-state index contributed by atoms with van der Waals surface area (Å²) in [5, 5.41) is 6.17. The third-order valence-electron chi connectivity index (χ3n) is 5.03. The van der Waals surface area contributed by atoms with Crippen molar-refractivity contribution in [3.63, 3.8) is 0 Å². The van der Waals surface area contributed by atoms with Gasteiger partial charge in [-0.3, -0.25) is 4.79 Å². The molecular formula is C15H25F3N2O. The molecule has 2 fully saturated rings. The Hall–Kier alpha value is -0.780. The number of amides is 1. The van der Waals surface area contributed by atoms with Crippen LogP contribution in [0.2, 0.25) is 0 Å². The van der Waals surface area contributed by atoms with E-state index in [0.717, 1.165) is 19.5 Å². The van der Waals surface area contributed by atoms with Crippen LogP contribution >= 0.6 is 0 Å². The van der Waals surface area contributed by atoms with Crippen molar-refractivity contribution in [2.45, 2.75) is 45.2 Å². The van der Waals surface area contributed by atoms with Gasteiger partial charge in [0.1, 0.15) is 0 Å². The van der Waals surface area contributed by atoms with Crippen molar-refractivity contribution >= 4 is 5.91 Å². The Kier molecular flexibility index (Phi) is 5.52. The van der Waals surface area contributed by atoms with Crippen LogP contribution in [0.3, 0.4) is 0 Å². The highest BCUT2D eigenvalue weighted by Gasteiger charge is 2.43. The second-order valence-electron chi connectivity index (χ2n) is 6.58. The maximum Gasteiger partial charge on any atom is 0.391 e. The van der Waals surface area contributed by atoms with Gasteiger partial charge in [-0.25, -0.2) is 0 Å². The van der Waals surface area contributed by atoms with E-state index >= 15 is 0 Å². The maximum atomic E-state index is 12.8. The number of alkyl halides is 3. The Morgan fingerprint density at radius 1 is 1.29 bits per heavy atom. The van der Waals surface area contributed by atoms with Crippen molar-refractivity contribution in [2.75, 3.05) is 19.6 Å². The summed E-state index contributed by atoms with van der Waals surface area (Å²) in [5.41, 5.74) is 0. The monoisotopic (exact) mass is 306 g/mol. The Morgan fingerprint density at radius 3 is 2.71 bits per heavy atom. The van der Waals surface area contributed by atoms with Crippen molar-refractivity contribution in [1.82, 2.24) is 10.6 Å². The molecule has 6 heteroatoms. The van der Waals surface area contributed by atoms with Gasteiger partial charge in [0, 0.05) is 12.5 Å². The molecule has 0 radical (unpaired) electrons. The summed E-state index contributed by atoms with van der Waals surface area (Å²) in [6.07, 6.45) is -1.90. The number of halogens is 3. The highest BCUT2D eigenvalue weighted by atomic mass is 19.4. The Morgan fingerprint density at radius 2 is 2.05 bits per heavy atom. The fourth-order valence-corrected chi connectivity index (χ4v) is 3.43. The second-order valence-corrected chi connectivity index (χ2v) is 6.58. The summed E-state index contributed by atoms with van der Waals surface area (Å²) in [4.78, 5) is 12.1. The van der Waals surface area contributed by atoms with Crippen molar-refractivity contribution in [3.05, 3.63) is 0 Å². The van der Waals surface area contributed by atoms with Gasteiger partial charge in [0.15, 0.2) is 0 Å². The lowest BCUT2D eigenvalue weighted by Crippen LogP contribution is -2.44. The van der Waals surface area contributed by atoms with Crippen LogP contribution in [0.5, 0.6) is 0 Å². The molecule has 4 unspecified atom stereocenters. The van der Waals surface area contributed by atoms with Crippen LogP contribution in [-0.4, -0.2) is 31.7 Å². The van der Waals surface area contributed by atoms with E-state index in [9.17, 15) is 18.0 Å². The van der Waals surface area contributed by atoms with Crippen molar-refractivity contribution in [3.8, 4) is 0 Å². The molecule has 0 spiro atoms. The van der Waals surface area contributed by atoms with Crippen LogP contribution in [0.25, 0.3) is 0 Å². The summed E-state index contributed by atoms with van der Waals surface area (Å²) < 4.78 is 38.3. The summed E-state index contributed by atoms with van der Waals surface area (Å²) in [5.74, 6) is -1.05. The quantitative estimate of drug-likeness (QED) is 0.842. The van der Waals surface area contributed by atoms with E-state index in [0.29, 0.717) is 31.2 Å². The molecule has 0 aromatic heterocycles. The van der Waals surface area contributed by atoms with Gasteiger partial charge in [-0.2, -0.15) is 13.2 Å². The van der Waals surface area contributed by atoms with Crippen LogP contribution in [0.1, 0.15) is 39.0 Å². The molecule has 1 aliphatic heterocycles. The first-order valence-electron chi connectivity index (χ1n) is 7.93. The van der Waals surface area contributed by atoms with E-state index in [1.807, 2.05) is 0 Å². The molecule has 1 aliphatic carbocycles. The number of nitrogens with one attached hydrogen (secondary N) is 2. The molecule has 2 rings (SSSR count). The molecule has 1 saturated heterocycles. The number of hydrogen-bond acceptors (Lipinski definition) is 2. The molecule has 2 aliphatic rings. The van der Waals surface area contributed by atoms with Gasteiger partial charge in [-0.1, -0.05) is 13.3 Å². The average Bonchev–Trinajstić information content (AvgIpc) is 2.45. The van der Waals surface area contributed by atoms with Crippen LogP contribution in [0.4, 0.5) is 13.2 Å². The topological polar surface area (TPSA) is 41.1 Å². The molecule has 21 heavy (non-hydrogen) atoms. The molecule has 122 valence electrons. The average molecular weight is 306 g/mol. The van der Waals surface area contributed by atoms with E-state index in [1.54, 1.807) is 0 Å². The minimum atomic E-state index is -4.17. The molecule has 4 atom stereocenters. The van der Waals surface area contributed by atoms with Crippen LogP contribution < -0.4 is 10.6 Å². The van der Waals surface area contributed by atoms with Gasteiger partial charge < -0.3 is 10.6 Å². The second kappa shape index (κ2) is 6.99. The van der Waals surface area contributed by atoms with Gasteiger partial charge in [0.05, 0.1) is 5.92 Å². The third-order valence-corrected chi connectivity index (χ3v) is 5.03. The van der Waals surface area contributed by atoms with Gasteiger partial charge in [-0.15, -0.1) is 0 Å². The number of carbonyl (C=O) groups is 1. The highest BCUT2D eigenvalue weighted by molar-refractivity contribution is 5.78. The van der Waals surface area contributed by atoms with E-state index < -0.39 is 18.0 Å². The number of hydrogen-bond donors (Lipinski definition) is 2. The van der Waals surface area contributed by atoms with Crippen LogP contribution in [0, 0.1) is 23.7 Å². The lowest BCUT2D eigenvalue weighted by molar-refractivity contribution is -0.186. The maximum absolute atomic E-state index is 12.8. The van der Waals surface area contributed by atoms with E-state index in [-0.39, 0.29) is 18.7 Å². The number of carbonyl (C=O) groups excluding carboxylic acids is 1. The molecule has 1 heterocycles. The smallest absolute Gasteiger partial charge is 0.356 e. The van der Waals surface area contributed by atoms with Crippen LogP contribution in [0.15, 0.2) is 0 Å². The van der Waals surface area contributed by atoms with E-state index in [1.165, 1.54) is 0 Å². The molecule has 1 amide bonds. The predicted octanol–water partition coefficient (Wildman–Crippen LogP) is 2.72. The van der Waals surface area contributed by atoms with Crippen molar-refractivity contribution in [2.24, 2.45) is 23.7 Å². The molecule has 3 nitrogen and oxygen atoms in total. The third kappa shape index (κ3) is 4.59. The first kappa shape index (κ1) is 16.6. The fourth-order valence-electron chi connectivity index (χ4n) is 3.43. The molecule has 2 N–H and O–H groups in total. The Labute approximate surface area is 124 Å². The van der Waals surface area contributed by atoms with E-state index in [4.69, 9.17) is 0 Å².